The quantitative estimate of drug-likeness (QED) is 0.722. The summed E-state index contributed by atoms with van der Waals surface area (Å²) in [6, 6.07) is 11.0. The molecule has 7 heteroatoms. The number of nitriles is 1. The third kappa shape index (κ3) is 5.21. The van der Waals surface area contributed by atoms with E-state index in [2.05, 4.69) is 4.98 Å². The van der Waals surface area contributed by atoms with Crippen molar-refractivity contribution in [2.24, 2.45) is 0 Å². The molecule has 1 aromatic heterocycles. The van der Waals surface area contributed by atoms with Gasteiger partial charge in [-0.3, -0.25) is 14.4 Å². The zero-order valence-electron chi connectivity index (χ0n) is 17.9. The van der Waals surface area contributed by atoms with Crippen LogP contribution in [0.3, 0.4) is 0 Å². The summed E-state index contributed by atoms with van der Waals surface area (Å²) in [6.07, 6.45) is 2.37. The molecule has 1 fully saturated rings. The lowest BCUT2D eigenvalue weighted by atomic mass is 9.99. The number of nitrogens with zero attached hydrogens (tertiary/aromatic N) is 2. The first kappa shape index (κ1) is 22.3. The number of ether oxygens (including phenoxy) is 1. The van der Waals surface area contributed by atoms with Crippen LogP contribution in [0, 0.1) is 25.2 Å². The highest BCUT2D eigenvalue weighted by atomic mass is 16.5. The summed E-state index contributed by atoms with van der Waals surface area (Å²) in [4.78, 5) is 42.1. The fourth-order valence-corrected chi connectivity index (χ4v) is 4.01. The number of carbonyl (C=O) groups is 2. The van der Waals surface area contributed by atoms with E-state index >= 15 is 0 Å². The third-order valence-electron chi connectivity index (χ3n) is 5.74. The Balaban J connectivity index is 1.75. The molecule has 1 aliphatic rings. The number of hydrogen-bond donors (Lipinski definition) is 1. The maximum atomic E-state index is 13.1. The minimum absolute atomic E-state index is 0.0369. The number of benzene rings is 1. The van der Waals surface area contributed by atoms with E-state index in [4.69, 9.17) is 4.74 Å². The van der Waals surface area contributed by atoms with Crippen LogP contribution < -0.4 is 5.56 Å². The minimum atomic E-state index is -0.973. The number of H-pyrrole nitrogens is 1. The van der Waals surface area contributed by atoms with Gasteiger partial charge in [-0.05, 0) is 50.7 Å². The van der Waals surface area contributed by atoms with Crippen LogP contribution >= 0.6 is 0 Å². The maximum absolute atomic E-state index is 13.1. The Labute approximate surface area is 181 Å². The minimum Gasteiger partial charge on any atom is -0.447 e. The first-order chi connectivity index (χ1) is 14.9. The zero-order valence-corrected chi connectivity index (χ0v) is 17.9. The second kappa shape index (κ2) is 10.1. The third-order valence-corrected chi connectivity index (χ3v) is 5.74. The maximum Gasteiger partial charge on any atom is 0.307 e. The lowest BCUT2D eigenvalue weighted by Crippen LogP contribution is -2.40. The highest BCUT2D eigenvalue weighted by Gasteiger charge is 2.30. The molecule has 0 bridgehead atoms. The van der Waals surface area contributed by atoms with Crippen molar-refractivity contribution in [1.29, 1.82) is 5.26 Å². The average Bonchev–Trinajstić information content (AvgIpc) is 2.78. The highest BCUT2D eigenvalue weighted by molar-refractivity contribution is 5.85. The van der Waals surface area contributed by atoms with Gasteiger partial charge in [0, 0.05) is 30.8 Å². The van der Waals surface area contributed by atoms with Crippen molar-refractivity contribution in [3.63, 3.8) is 0 Å². The van der Waals surface area contributed by atoms with E-state index in [0.29, 0.717) is 36.3 Å². The van der Waals surface area contributed by atoms with Crippen LogP contribution in [-0.4, -0.2) is 34.8 Å². The number of piperidine rings is 1. The smallest absolute Gasteiger partial charge is 0.307 e. The van der Waals surface area contributed by atoms with Crippen molar-refractivity contribution in [1.82, 2.24) is 9.88 Å². The molecule has 2 heterocycles. The summed E-state index contributed by atoms with van der Waals surface area (Å²) in [5.41, 5.74) is 2.21. The van der Waals surface area contributed by atoms with Gasteiger partial charge in [0.2, 0.25) is 6.10 Å². The summed E-state index contributed by atoms with van der Waals surface area (Å²) < 4.78 is 5.67. The number of nitrogens with one attached hydrogen (secondary N) is 1. The summed E-state index contributed by atoms with van der Waals surface area (Å²) in [5.74, 6) is -0.690. The van der Waals surface area contributed by atoms with Crippen molar-refractivity contribution in [3.8, 4) is 6.07 Å². The van der Waals surface area contributed by atoms with Crippen molar-refractivity contribution in [2.75, 3.05) is 13.1 Å². The number of carbonyl (C=O) groups excluding carboxylic acids is 2. The summed E-state index contributed by atoms with van der Waals surface area (Å²) >= 11 is 0. The van der Waals surface area contributed by atoms with Gasteiger partial charge < -0.3 is 14.6 Å². The molecule has 31 heavy (non-hydrogen) atoms. The molecule has 1 aromatic carbocycles. The molecule has 1 amide bonds. The largest absolute Gasteiger partial charge is 0.447 e. The molecule has 0 unspecified atom stereocenters. The van der Waals surface area contributed by atoms with Crippen LogP contribution in [0.5, 0.6) is 0 Å². The van der Waals surface area contributed by atoms with E-state index in [0.717, 1.165) is 24.8 Å². The first-order valence-corrected chi connectivity index (χ1v) is 10.6. The fourth-order valence-electron chi connectivity index (χ4n) is 4.01. The fraction of sp³-hybridized carbons (Fsp3) is 0.417. The molecule has 3 rings (SSSR count). The molecular formula is C24H27N3O4. The van der Waals surface area contributed by atoms with Crippen LogP contribution in [0.1, 0.15) is 59.7 Å². The first-order valence-electron chi connectivity index (χ1n) is 10.6. The predicted octanol–water partition coefficient (Wildman–Crippen LogP) is 3.09. The Kier molecular flexibility index (Phi) is 7.24. The summed E-state index contributed by atoms with van der Waals surface area (Å²) in [6.45, 7) is 4.79. The van der Waals surface area contributed by atoms with Gasteiger partial charge in [0.05, 0.1) is 0 Å². The Morgan fingerprint density at radius 3 is 2.48 bits per heavy atom. The molecule has 0 radical (unpaired) electrons. The van der Waals surface area contributed by atoms with Gasteiger partial charge in [-0.25, -0.2) is 0 Å². The monoisotopic (exact) mass is 421 g/mol. The van der Waals surface area contributed by atoms with Crippen molar-refractivity contribution < 1.29 is 14.3 Å². The number of aromatic amines is 1. The number of amides is 1. The zero-order chi connectivity index (χ0) is 22.4. The number of rotatable bonds is 6. The summed E-state index contributed by atoms with van der Waals surface area (Å²) in [7, 11) is 0. The van der Waals surface area contributed by atoms with Crippen LogP contribution in [0.4, 0.5) is 0 Å². The number of pyridine rings is 1. The second-order valence-corrected chi connectivity index (χ2v) is 7.84. The van der Waals surface area contributed by atoms with E-state index in [1.54, 1.807) is 30.9 Å². The lowest BCUT2D eigenvalue weighted by molar-refractivity contribution is -0.161. The Morgan fingerprint density at radius 1 is 1.16 bits per heavy atom. The van der Waals surface area contributed by atoms with Crippen LogP contribution in [-0.2, 0) is 20.7 Å². The SMILES string of the molecule is Cc1[nH]c(=O)c(C#N)c(C)c1CCC(=O)O[C@H](C(=O)N1CCCCC1)c1ccccc1. The van der Waals surface area contributed by atoms with Crippen LogP contribution in [0.25, 0.3) is 0 Å². The molecule has 2 aromatic rings. The predicted molar refractivity (Wildman–Crippen MR) is 115 cm³/mol. The lowest BCUT2D eigenvalue weighted by Gasteiger charge is -2.30. The van der Waals surface area contributed by atoms with E-state index in [9.17, 15) is 19.6 Å². The van der Waals surface area contributed by atoms with Gasteiger partial charge in [-0.1, -0.05) is 30.3 Å². The summed E-state index contributed by atoms with van der Waals surface area (Å²) in [5, 5.41) is 9.22. The van der Waals surface area contributed by atoms with Gasteiger partial charge in [0.25, 0.3) is 11.5 Å². The Morgan fingerprint density at radius 2 is 1.84 bits per heavy atom. The van der Waals surface area contributed by atoms with Gasteiger partial charge in [0.15, 0.2) is 0 Å². The van der Waals surface area contributed by atoms with E-state index < -0.39 is 17.6 Å². The number of hydrogen-bond acceptors (Lipinski definition) is 5. The van der Waals surface area contributed by atoms with E-state index in [1.165, 1.54) is 0 Å². The molecule has 0 spiro atoms. The molecule has 1 atom stereocenters. The number of likely N-dealkylation sites (tertiary alicyclic amines) is 1. The van der Waals surface area contributed by atoms with Crippen LogP contribution in [0.15, 0.2) is 35.1 Å². The van der Waals surface area contributed by atoms with Crippen molar-refractivity contribution in [3.05, 3.63) is 68.6 Å². The van der Waals surface area contributed by atoms with Crippen molar-refractivity contribution in [2.45, 2.75) is 52.1 Å². The molecule has 7 nitrogen and oxygen atoms in total. The van der Waals surface area contributed by atoms with Gasteiger partial charge in [-0.15, -0.1) is 0 Å². The van der Waals surface area contributed by atoms with E-state index in [-0.39, 0.29) is 17.9 Å². The molecular weight excluding hydrogens is 394 g/mol. The topological polar surface area (TPSA) is 103 Å². The van der Waals surface area contributed by atoms with Gasteiger partial charge >= 0.3 is 5.97 Å². The van der Waals surface area contributed by atoms with Crippen molar-refractivity contribution >= 4 is 11.9 Å². The van der Waals surface area contributed by atoms with Gasteiger partial charge in [-0.2, -0.15) is 5.26 Å². The molecule has 162 valence electrons. The molecule has 0 saturated carbocycles. The average molecular weight is 421 g/mol. The standard InChI is InChI=1S/C24H27N3O4/c1-16-19(17(2)26-23(29)20(16)15-25)11-12-21(28)31-22(18-9-5-3-6-10-18)24(30)27-13-7-4-8-14-27/h3,5-6,9-10,22H,4,7-8,11-14H2,1-2H3,(H,26,29)/t22-/m0/s1. The van der Waals surface area contributed by atoms with E-state index in [1.807, 2.05) is 24.3 Å². The number of aromatic nitrogens is 1. The Hall–Kier alpha value is -3.40. The highest BCUT2D eigenvalue weighted by Crippen LogP contribution is 2.24. The second-order valence-electron chi connectivity index (χ2n) is 7.84. The van der Waals surface area contributed by atoms with Crippen LogP contribution in [0.2, 0.25) is 0 Å². The number of esters is 1. The van der Waals surface area contributed by atoms with Gasteiger partial charge in [0.1, 0.15) is 11.6 Å². The number of aryl methyl sites for hydroxylation is 1. The molecule has 0 aliphatic carbocycles. The normalized spacial score (nSPS) is 14.5. The molecule has 1 saturated heterocycles. The Bertz CT molecular complexity index is 1050. The molecule has 1 N–H and O–H groups in total. The molecule has 1 aliphatic heterocycles.